The number of aryl methyl sites for hydroxylation is 2. The van der Waals surface area contributed by atoms with Gasteiger partial charge in [0.2, 0.25) is 0 Å². The monoisotopic (exact) mass is 324 g/mol. The number of benzene rings is 2. The summed E-state index contributed by atoms with van der Waals surface area (Å²) in [6.07, 6.45) is 3.84. The summed E-state index contributed by atoms with van der Waals surface area (Å²) in [5.41, 5.74) is 2.89. The van der Waals surface area contributed by atoms with Crippen LogP contribution >= 0.6 is 22.6 Å². The molecule has 0 unspecified atom stereocenters. The average molecular weight is 324 g/mol. The molecule has 2 rings (SSSR count). The van der Waals surface area contributed by atoms with Crippen molar-refractivity contribution in [1.82, 2.24) is 0 Å². The van der Waals surface area contributed by atoms with Crippen molar-refractivity contribution in [2.75, 3.05) is 4.43 Å². The minimum absolute atomic E-state index is 1.21. The van der Waals surface area contributed by atoms with Crippen molar-refractivity contribution >= 4 is 33.4 Å². The molecule has 0 nitrogen and oxygen atoms in total. The minimum atomic E-state index is 1.21. The quantitative estimate of drug-likeness (QED) is 0.426. The van der Waals surface area contributed by atoms with E-state index < -0.39 is 0 Å². The molecule has 0 aliphatic carbocycles. The fourth-order valence-corrected chi connectivity index (χ4v) is 2.70. The van der Waals surface area contributed by atoms with Gasteiger partial charge in [0.1, 0.15) is 0 Å². The molecule has 0 amide bonds. The van der Waals surface area contributed by atoms with E-state index >= 15 is 0 Å². The van der Waals surface area contributed by atoms with Gasteiger partial charge in [-0.25, -0.2) is 0 Å². The molecule has 0 spiro atoms. The van der Waals surface area contributed by atoms with Crippen LogP contribution in [0.2, 0.25) is 0 Å². The normalized spacial score (nSPS) is 10.9. The van der Waals surface area contributed by atoms with Crippen molar-refractivity contribution in [2.24, 2.45) is 0 Å². The Hall–Kier alpha value is -0.570. The highest BCUT2D eigenvalue weighted by Gasteiger charge is 2.01. The van der Waals surface area contributed by atoms with E-state index in [0.717, 1.165) is 0 Å². The number of hydrogen-bond acceptors (Lipinski definition) is 0. The summed E-state index contributed by atoms with van der Waals surface area (Å²) in [7, 11) is 0. The fourth-order valence-electron chi connectivity index (χ4n) is 2.16. The van der Waals surface area contributed by atoms with Crippen LogP contribution in [0.15, 0.2) is 36.4 Å². The fraction of sp³-hybridized carbons (Fsp3) is 0.333. The molecule has 0 bridgehead atoms. The molecule has 0 radical (unpaired) electrons. The molecule has 0 aliphatic rings. The van der Waals surface area contributed by atoms with E-state index in [-0.39, 0.29) is 0 Å². The number of hydrogen-bond donors (Lipinski definition) is 0. The molecule has 84 valence electrons. The number of unbranched alkanes of at least 4 members (excludes halogenated alkanes) is 1. The second-order valence-electron chi connectivity index (χ2n) is 4.23. The summed E-state index contributed by atoms with van der Waals surface area (Å²) >= 11 is 2.45. The largest absolute Gasteiger partial charge is 0.0864 e. The zero-order valence-electron chi connectivity index (χ0n) is 9.67. The molecule has 0 heterocycles. The lowest BCUT2D eigenvalue weighted by molar-refractivity contribution is 0.814. The van der Waals surface area contributed by atoms with Gasteiger partial charge in [-0.15, -0.1) is 0 Å². The second kappa shape index (κ2) is 5.67. The smallest absolute Gasteiger partial charge is 0.000461 e. The van der Waals surface area contributed by atoms with Crippen LogP contribution in [0.3, 0.4) is 0 Å². The standard InChI is InChI=1S/C15H17I/c1-12-6-4-10-15-13(7-2-3-11-16)8-5-9-14(12)15/h4-6,8-10H,2-3,7,11H2,1H3. The average Bonchev–Trinajstić information content (AvgIpc) is 2.31. The van der Waals surface area contributed by atoms with Crippen molar-refractivity contribution in [2.45, 2.75) is 26.2 Å². The Bertz CT molecular complexity index is 474. The van der Waals surface area contributed by atoms with E-state index in [4.69, 9.17) is 0 Å². The second-order valence-corrected chi connectivity index (χ2v) is 5.31. The number of alkyl halides is 1. The van der Waals surface area contributed by atoms with Crippen LogP contribution < -0.4 is 0 Å². The maximum Gasteiger partial charge on any atom is -0.000461 e. The van der Waals surface area contributed by atoms with Crippen LogP contribution in [-0.2, 0) is 6.42 Å². The summed E-state index contributed by atoms with van der Waals surface area (Å²) in [6.45, 7) is 2.19. The Balaban J connectivity index is 2.34. The highest BCUT2D eigenvalue weighted by Crippen LogP contribution is 2.23. The Morgan fingerprint density at radius 2 is 1.69 bits per heavy atom. The van der Waals surface area contributed by atoms with Crippen molar-refractivity contribution in [1.29, 1.82) is 0 Å². The number of halogens is 1. The maximum atomic E-state index is 2.45. The SMILES string of the molecule is Cc1cccc2c(CCCCI)cccc12. The Morgan fingerprint density at radius 1 is 0.938 bits per heavy atom. The molecular formula is C15H17I. The summed E-state index contributed by atoms with van der Waals surface area (Å²) in [5.74, 6) is 0. The lowest BCUT2D eigenvalue weighted by Crippen LogP contribution is -1.89. The van der Waals surface area contributed by atoms with Gasteiger partial charge in [-0.05, 0) is 52.5 Å². The van der Waals surface area contributed by atoms with Crippen LogP contribution in [0.5, 0.6) is 0 Å². The van der Waals surface area contributed by atoms with E-state index in [9.17, 15) is 0 Å². The maximum absolute atomic E-state index is 2.45. The van der Waals surface area contributed by atoms with Gasteiger partial charge < -0.3 is 0 Å². The first kappa shape index (κ1) is 11.9. The highest BCUT2D eigenvalue weighted by molar-refractivity contribution is 14.1. The third-order valence-electron chi connectivity index (χ3n) is 3.06. The Kier molecular flexibility index (Phi) is 4.22. The van der Waals surface area contributed by atoms with Crippen molar-refractivity contribution in [3.05, 3.63) is 47.5 Å². The third kappa shape index (κ3) is 2.57. The van der Waals surface area contributed by atoms with Crippen LogP contribution in [-0.4, -0.2) is 4.43 Å². The molecule has 1 heteroatoms. The van der Waals surface area contributed by atoms with E-state index in [1.807, 2.05) is 0 Å². The predicted octanol–water partition coefficient (Wildman–Crippen LogP) is 4.91. The van der Waals surface area contributed by atoms with Crippen molar-refractivity contribution < 1.29 is 0 Å². The Labute approximate surface area is 111 Å². The van der Waals surface area contributed by atoms with Gasteiger partial charge in [-0.1, -0.05) is 59.0 Å². The molecule has 2 aromatic carbocycles. The van der Waals surface area contributed by atoms with Gasteiger partial charge in [0.05, 0.1) is 0 Å². The van der Waals surface area contributed by atoms with E-state index in [1.54, 1.807) is 0 Å². The van der Waals surface area contributed by atoms with Gasteiger partial charge in [0.15, 0.2) is 0 Å². The van der Waals surface area contributed by atoms with Crippen LogP contribution in [0.25, 0.3) is 10.8 Å². The van der Waals surface area contributed by atoms with E-state index in [1.165, 1.54) is 45.6 Å². The molecule has 0 aromatic heterocycles. The van der Waals surface area contributed by atoms with Gasteiger partial charge in [-0.2, -0.15) is 0 Å². The summed E-state index contributed by atoms with van der Waals surface area (Å²) in [5, 5.41) is 2.85. The first-order valence-electron chi connectivity index (χ1n) is 5.86. The zero-order chi connectivity index (χ0) is 11.4. The molecule has 0 saturated heterocycles. The highest BCUT2D eigenvalue weighted by atomic mass is 127. The third-order valence-corrected chi connectivity index (χ3v) is 3.82. The minimum Gasteiger partial charge on any atom is -0.0864 e. The first-order chi connectivity index (χ1) is 7.83. The Morgan fingerprint density at radius 3 is 2.50 bits per heavy atom. The molecule has 0 N–H and O–H groups in total. The predicted molar refractivity (Wildman–Crippen MR) is 80.5 cm³/mol. The molecule has 0 fully saturated rings. The lowest BCUT2D eigenvalue weighted by atomic mass is 9.98. The van der Waals surface area contributed by atoms with Crippen LogP contribution in [0.4, 0.5) is 0 Å². The molecule has 0 aliphatic heterocycles. The first-order valence-corrected chi connectivity index (χ1v) is 7.38. The lowest BCUT2D eigenvalue weighted by Gasteiger charge is -2.07. The van der Waals surface area contributed by atoms with E-state index in [2.05, 4.69) is 65.9 Å². The van der Waals surface area contributed by atoms with Gasteiger partial charge >= 0.3 is 0 Å². The molecule has 0 atom stereocenters. The van der Waals surface area contributed by atoms with Gasteiger partial charge in [-0.3, -0.25) is 0 Å². The molecule has 2 aromatic rings. The van der Waals surface area contributed by atoms with Gasteiger partial charge in [0, 0.05) is 0 Å². The molecule has 16 heavy (non-hydrogen) atoms. The van der Waals surface area contributed by atoms with Crippen molar-refractivity contribution in [3.63, 3.8) is 0 Å². The topological polar surface area (TPSA) is 0 Å². The van der Waals surface area contributed by atoms with Crippen molar-refractivity contribution in [3.8, 4) is 0 Å². The molecular weight excluding hydrogens is 307 g/mol. The number of rotatable bonds is 4. The zero-order valence-corrected chi connectivity index (χ0v) is 11.8. The molecule has 0 saturated carbocycles. The van der Waals surface area contributed by atoms with Crippen LogP contribution in [0, 0.1) is 6.92 Å². The summed E-state index contributed by atoms with van der Waals surface area (Å²) < 4.78 is 1.27. The summed E-state index contributed by atoms with van der Waals surface area (Å²) in [6, 6.07) is 13.3. The van der Waals surface area contributed by atoms with Gasteiger partial charge in [0.25, 0.3) is 0 Å². The summed E-state index contributed by atoms with van der Waals surface area (Å²) in [4.78, 5) is 0. The number of fused-ring (bicyclic) bond motifs is 1. The van der Waals surface area contributed by atoms with Crippen LogP contribution in [0.1, 0.15) is 24.0 Å². The van der Waals surface area contributed by atoms with E-state index in [0.29, 0.717) is 0 Å².